The lowest BCUT2D eigenvalue weighted by Crippen LogP contribution is -2.66. The molecule has 1 heterocycles. The van der Waals surface area contributed by atoms with E-state index in [2.05, 4.69) is 20.8 Å². The maximum Gasteiger partial charge on any atom is 0.163 e. The van der Waals surface area contributed by atoms with Crippen molar-refractivity contribution in [2.24, 2.45) is 33.5 Å². The Labute approximate surface area is 172 Å². The highest BCUT2D eigenvalue weighted by Gasteiger charge is 2.85. The number of hydrogen-bond acceptors (Lipinski definition) is 5. The average Bonchev–Trinajstić information content (AvgIpc) is 3.32. The van der Waals surface area contributed by atoms with Gasteiger partial charge in [-0.15, -0.1) is 0 Å². The van der Waals surface area contributed by atoms with Crippen LogP contribution in [0.1, 0.15) is 67.2 Å². The highest BCUT2D eigenvalue weighted by Crippen LogP contribution is 2.79. The minimum Gasteiger partial charge on any atom is -0.393 e. The molecule has 29 heavy (non-hydrogen) atoms. The van der Waals surface area contributed by atoms with E-state index in [1.165, 1.54) is 6.92 Å². The second-order valence-corrected chi connectivity index (χ2v) is 11.7. The predicted octanol–water partition coefficient (Wildman–Crippen LogP) is 2.82. The monoisotopic (exact) mass is 402 g/mol. The van der Waals surface area contributed by atoms with E-state index in [1.807, 2.05) is 13.8 Å². The molecule has 0 aromatic carbocycles. The van der Waals surface area contributed by atoms with Gasteiger partial charge in [0.05, 0.1) is 23.7 Å². The van der Waals surface area contributed by atoms with Crippen molar-refractivity contribution in [1.29, 1.82) is 0 Å². The Morgan fingerprint density at radius 2 is 1.76 bits per heavy atom. The number of aliphatic hydroxyl groups excluding tert-OH is 2. The molecule has 4 aliphatic carbocycles. The number of aliphatic hydroxyl groups is 2. The van der Waals surface area contributed by atoms with Crippen molar-refractivity contribution in [1.82, 2.24) is 0 Å². The van der Waals surface area contributed by atoms with Gasteiger partial charge in [0.1, 0.15) is 11.4 Å². The van der Waals surface area contributed by atoms with Crippen molar-refractivity contribution in [2.75, 3.05) is 0 Å². The van der Waals surface area contributed by atoms with Crippen LogP contribution in [0.4, 0.5) is 0 Å². The Bertz CT molecular complexity index is 859. The van der Waals surface area contributed by atoms with Crippen LogP contribution in [0.15, 0.2) is 11.6 Å². The number of carbonyl (C=O) groups is 2. The van der Waals surface area contributed by atoms with Gasteiger partial charge in [-0.1, -0.05) is 34.6 Å². The van der Waals surface area contributed by atoms with Crippen LogP contribution in [0.25, 0.3) is 0 Å². The summed E-state index contributed by atoms with van der Waals surface area (Å²) in [7, 11) is 0. The van der Waals surface area contributed by atoms with Gasteiger partial charge in [0, 0.05) is 11.3 Å². The minimum atomic E-state index is -0.955. The van der Waals surface area contributed by atoms with Crippen LogP contribution in [-0.2, 0) is 14.3 Å². The molecule has 9 atom stereocenters. The molecule has 4 fully saturated rings. The molecule has 0 aromatic heterocycles. The van der Waals surface area contributed by atoms with E-state index in [0.29, 0.717) is 12.8 Å². The third-order valence-corrected chi connectivity index (χ3v) is 10.6. The van der Waals surface area contributed by atoms with E-state index >= 15 is 0 Å². The molecule has 1 spiro atoms. The largest absolute Gasteiger partial charge is 0.393 e. The molecule has 1 saturated heterocycles. The van der Waals surface area contributed by atoms with Gasteiger partial charge < -0.3 is 14.9 Å². The van der Waals surface area contributed by atoms with E-state index in [-0.39, 0.29) is 40.5 Å². The van der Waals surface area contributed by atoms with Gasteiger partial charge in [0.2, 0.25) is 0 Å². The summed E-state index contributed by atoms with van der Waals surface area (Å²) in [5.74, 6) is -0.357. The van der Waals surface area contributed by atoms with Gasteiger partial charge in [-0.3, -0.25) is 9.59 Å². The summed E-state index contributed by atoms with van der Waals surface area (Å²) >= 11 is 0. The number of fused-ring (bicyclic) bond motifs is 3. The van der Waals surface area contributed by atoms with Crippen molar-refractivity contribution in [3.63, 3.8) is 0 Å². The molecule has 160 valence electrons. The number of hydrogen-bond donors (Lipinski definition) is 2. The van der Waals surface area contributed by atoms with Crippen LogP contribution in [-0.4, -0.2) is 45.7 Å². The van der Waals surface area contributed by atoms with Crippen molar-refractivity contribution in [3.05, 3.63) is 11.6 Å². The number of epoxide rings is 1. The van der Waals surface area contributed by atoms with Crippen molar-refractivity contribution in [3.8, 4) is 0 Å². The summed E-state index contributed by atoms with van der Waals surface area (Å²) in [5, 5.41) is 22.0. The number of rotatable bonds is 1. The fraction of sp³-hybridized carbons (Fsp3) is 0.833. The predicted molar refractivity (Wildman–Crippen MR) is 107 cm³/mol. The second-order valence-electron chi connectivity index (χ2n) is 11.7. The molecular weight excluding hydrogens is 368 g/mol. The molecule has 5 aliphatic rings. The molecule has 9 unspecified atom stereocenters. The summed E-state index contributed by atoms with van der Waals surface area (Å²) in [6, 6.07) is 0. The van der Waals surface area contributed by atoms with Crippen LogP contribution in [0.3, 0.4) is 0 Å². The van der Waals surface area contributed by atoms with E-state index in [4.69, 9.17) is 4.74 Å². The normalized spacial score (nSPS) is 57.2. The number of ether oxygens (including phenoxy) is 1. The molecule has 1 aliphatic heterocycles. The number of ketones is 2. The molecule has 0 aromatic rings. The van der Waals surface area contributed by atoms with Crippen LogP contribution >= 0.6 is 0 Å². The number of allylic oxidation sites excluding steroid dienone is 1. The average molecular weight is 403 g/mol. The molecule has 5 rings (SSSR count). The lowest BCUT2D eigenvalue weighted by Gasteiger charge is -2.61. The first kappa shape index (κ1) is 19.9. The van der Waals surface area contributed by atoms with Gasteiger partial charge >= 0.3 is 0 Å². The SMILES string of the molecule is CC(=O)C1CC(O)C2(C)C1(C)C(=O)C=C1C3(C)CCC(O)C(C)(C)C3CC3OC132. The third kappa shape index (κ3) is 1.82. The van der Waals surface area contributed by atoms with Crippen molar-refractivity contribution >= 4 is 11.6 Å². The van der Waals surface area contributed by atoms with Crippen LogP contribution in [0.5, 0.6) is 0 Å². The first-order valence-corrected chi connectivity index (χ1v) is 11.1. The molecule has 5 heteroatoms. The standard InChI is InChI=1S/C24H34O5/c1-12(25)13-9-18(28)23(6)22(13,5)17(27)10-15-21(4)8-7-16(26)20(2,3)14(21)11-19-24(15,23)29-19/h10,13-14,16,18-19,26,28H,7-9,11H2,1-6H3. The number of carbonyl (C=O) groups excluding carboxylic acids is 2. The highest BCUT2D eigenvalue weighted by molar-refractivity contribution is 6.02. The lowest BCUT2D eigenvalue weighted by atomic mass is 9.40. The molecule has 0 bridgehead atoms. The first-order valence-electron chi connectivity index (χ1n) is 11.1. The molecular formula is C24H34O5. The van der Waals surface area contributed by atoms with Crippen LogP contribution in [0.2, 0.25) is 0 Å². The van der Waals surface area contributed by atoms with E-state index in [9.17, 15) is 19.8 Å². The number of Topliss-reactive ketones (excluding diaryl/α,β-unsaturated/α-hetero) is 1. The van der Waals surface area contributed by atoms with Gasteiger partial charge in [-0.2, -0.15) is 0 Å². The van der Waals surface area contributed by atoms with Crippen LogP contribution in [0, 0.1) is 33.5 Å². The zero-order chi connectivity index (χ0) is 21.4. The fourth-order valence-electron chi connectivity index (χ4n) is 8.53. The smallest absolute Gasteiger partial charge is 0.163 e. The van der Waals surface area contributed by atoms with Crippen LogP contribution < -0.4 is 0 Å². The van der Waals surface area contributed by atoms with E-state index in [0.717, 1.165) is 18.4 Å². The Morgan fingerprint density at radius 3 is 2.38 bits per heavy atom. The van der Waals surface area contributed by atoms with Crippen molar-refractivity contribution < 1.29 is 24.5 Å². The van der Waals surface area contributed by atoms with Gasteiger partial charge in [-0.25, -0.2) is 0 Å². The van der Waals surface area contributed by atoms with Gasteiger partial charge in [0.15, 0.2) is 5.78 Å². The van der Waals surface area contributed by atoms with Gasteiger partial charge in [0.25, 0.3) is 0 Å². The minimum absolute atomic E-state index is 0.0316. The second kappa shape index (κ2) is 5.23. The molecule has 3 saturated carbocycles. The summed E-state index contributed by atoms with van der Waals surface area (Å²) < 4.78 is 6.51. The topological polar surface area (TPSA) is 87.1 Å². The maximum absolute atomic E-state index is 13.7. The Hall–Kier alpha value is -1.04. The molecule has 0 amide bonds. The zero-order valence-electron chi connectivity index (χ0n) is 18.4. The first-order chi connectivity index (χ1) is 13.3. The molecule has 5 nitrogen and oxygen atoms in total. The van der Waals surface area contributed by atoms with Crippen molar-refractivity contribution in [2.45, 2.75) is 91.1 Å². The summed E-state index contributed by atoms with van der Waals surface area (Å²) in [4.78, 5) is 26.2. The quantitative estimate of drug-likeness (QED) is 0.659. The maximum atomic E-state index is 13.7. The van der Waals surface area contributed by atoms with E-state index in [1.54, 1.807) is 6.08 Å². The molecule has 2 N–H and O–H groups in total. The molecule has 0 radical (unpaired) electrons. The Balaban J connectivity index is 1.73. The third-order valence-electron chi connectivity index (χ3n) is 10.6. The Kier molecular flexibility index (Phi) is 3.59. The fourth-order valence-corrected chi connectivity index (χ4v) is 8.53. The lowest BCUT2D eigenvalue weighted by molar-refractivity contribution is -0.152. The summed E-state index contributed by atoms with van der Waals surface area (Å²) in [6.45, 7) is 11.9. The highest BCUT2D eigenvalue weighted by atomic mass is 16.6. The zero-order valence-corrected chi connectivity index (χ0v) is 18.4. The van der Waals surface area contributed by atoms with E-state index < -0.39 is 28.5 Å². The van der Waals surface area contributed by atoms with Gasteiger partial charge in [-0.05, 0) is 61.0 Å². The summed E-state index contributed by atoms with van der Waals surface area (Å²) in [5.41, 5.74) is -1.97. The summed E-state index contributed by atoms with van der Waals surface area (Å²) in [6.07, 6.45) is 3.21. The Morgan fingerprint density at radius 1 is 1.10 bits per heavy atom.